The van der Waals surface area contributed by atoms with Crippen LogP contribution in [0.5, 0.6) is 11.5 Å². The molecule has 0 aromatic heterocycles. The second-order valence-corrected chi connectivity index (χ2v) is 8.52. The van der Waals surface area contributed by atoms with Gasteiger partial charge in [0.25, 0.3) is 0 Å². The maximum Gasteiger partial charge on any atom is 0.343 e. The van der Waals surface area contributed by atoms with E-state index in [1.807, 2.05) is 46.8 Å². The van der Waals surface area contributed by atoms with E-state index in [1.165, 1.54) is 22.3 Å². The van der Waals surface area contributed by atoms with Gasteiger partial charge < -0.3 is 14.2 Å². The fourth-order valence-electron chi connectivity index (χ4n) is 3.64. The van der Waals surface area contributed by atoms with E-state index in [9.17, 15) is 4.79 Å². The summed E-state index contributed by atoms with van der Waals surface area (Å²) in [5.41, 5.74) is 9.75. The Morgan fingerprint density at radius 1 is 0.706 bits per heavy atom. The van der Waals surface area contributed by atoms with Crippen LogP contribution in [0.1, 0.15) is 68.7 Å². The van der Waals surface area contributed by atoms with Gasteiger partial charge in [0, 0.05) is 0 Å². The number of carbonyl (C=O) groups is 1. The number of hydrogen-bond donors (Lipinski definition) is 0. The van der Waals surface area contributed by atoms with Gasteiger partial charge in [0.15, 0.2) is 6.79 Å². The summed E-state index contributed by atoms with van der Waals surface area (Å²) in [6, 6.07) is 13.4. The van der Waals surface area contributed by atoms with Crippen molar-refractivity contribution < 1.29 is 19.0 Å². The number of aryl methyl sites for hydroxylation is 5. The van der Waals surface area contributed by atoms with Crippen LogP contribution in [-0.4, -0.2) is 12.8 Å². The van der Waals surface area contributed by atoms with Gasteiger partial charge in [0.1, 0.15) is 11.5 Å². The zero-order chi connectivity index (χ0) is 25.4. The van der Waals surface area contributed by atoms with Gasteiger partial charge in [-0.25, -0.2) is 4.79 Å². The summed E-state index contributed by atoms with van der Waals surface area (Å²) in [7, 11) is 0. The molecule has 182 valence electrons. The highest BCUT2D eigenvalue weighted by Gasteiger charge is 2.12. The Hall–Kier alpha value is -3.11. The van der Waals surface area contributed by atoms with Crippen LogP contribution in [0.2, 0.25) is 0 Å². The number of hydrogen-bond acceptors (Lipinski definition) is 4. The molecule has 0 N–H and O–H groups in total. The summed E-state index contributed by atoms with van der Waals surface area (Å²) in [5.74, 6) is 0.821. The molecule has 0 heterocycles. The Bertz CT molecular complexity index is 1100. The molecule has 0 bridgehead atoms. The van der Waals surface area contributed by atoms with Crippen molar-refractivity contribution in [3.63, 3.8) is 0 Å². The quantitative estimate of drug-likeness (QED) is 0.157. The molecule has 0 spiro atoms. The van der Waals surface area contributed by atoms with Gasteiger partial charge in [-0.1, -0.05) is 26.0 Å². The lowest BCUT2D eigenvalue weighted by atomic mass is 10.0. The minimum Gasteiger partial charge on any atom is -0.467 e. The molecule has 3 rings (SSSR count). The maximum atomic E-state index is 12.6. The average Bonchev–Trinajstić information content (AvgIpc) is 2.80. The third-order valence-electron chi connectivity index (χ3n) is 6.07. The second-order valence-electron chi connectivity index (χ2n) is 8.52. The molecule has 0 aliphatic carbocycles. The number of benzene rings is 3. The van der Waals surface area contributed by atoms with E-state index >= 15 is 0 Å². The molecule has 0 unspecified atom stereocenters. The Labute approximate surface area is 204 Å². The first-order valence-electron chi connectivity index (χ1n) is 11.8. The normalized spacial score (nSPS) is 10.4. The summed E-state index contributed by atoms with van der Waals surface area (Å²) in [4.78, 5) is 12.6. The van der Waals surface area contributed by atoms with E-state index in [0.717, 1.165) is 22.3 Å². The van der Waals surface area contributed by atoms with Crippen LogP contribution in [0, 0.1) is 48.5 Å². The van der Waals surface area contributed by atoms with E-state index in [2.05, 4.69) is 39.8 Å². The monoisotopic (exact) mass is 462 g/mol. The molecule has 4 nitrogen and oxygen atoms in total. The van der Waals surface area contributed by atoms with Crippen molar-refractivity contribution in [3.05, 3.63) is 92.5 Å². The largest absolute Gasteiger partial charge is 0.467 e. The van der Waals surface area contributed by atoms with Crippen molar-refractivity contribution in [2.45, 2.75) is 68.9 Å². The lowest BCUT2D eigenvalue weighted by molar-refractivity contribution is 0.00460. The van der Waals surface area contributed by atoms with E-state index < -0.39 is 0 Å². The molecule has 0 amide bonds. The zero-order valence-electron chi connectivity index (χ0n) is 22.1. The number of ether oxygens (including phenoxy) is 3. The predicted octanol–water partition coefficient (Wildman–Crippen LogP) is 7.64. The molecule has 0 saturated carbocycles. The van der Waals surface area contributed by atoms with Gasteiger partial charge in [-0.15, -0.1) is 0 Å². The molecule has 4 heteroatoms. The fourth-order valence-corrected chi connectivity index (χ4v) is 3.64. The van der Waals surface area contributed by atoms with Crippen LogP contribution in [-0.2, 0) is 11.3 Å². The molecular weight excluding hydrogens is 424 g/mol. The lowest BCUT2D eigenvalue weighted by Gasteiger charge is -2.13. The number of esters is 1. The van der Waals surface area contributed by atoms with Crippen molar-refractivity contribution in [3.8, 4) is 11.5 Å². The molecule has 3 aromatic rings. The number of rotatable bonds is 7. The predicted molar refractivity (Wildman–Crippen MR) is 139 cm³/mol. The van der Waals surface area contributed by atoms with Gasteiger partial charge in [0.05, 0.1) is 12.2 Å². The van der Waals surface area contributed by atoms with Crippen LogP contribution < -0.4 is 9.47 Å². The molecule has 0 aliphatic heterocycles. The Morgan fingerprint density at radius 3 is 1.76 bits per heavy atom. The molecule has 34 heavy (non-hydrogen) atoms. The lowest BCUT2D eigenvalue weighted by Crippen LogP contribution is -2.10. The van der Waals surface area contributed by atoms with Crippen molar-refractivity contribution in [1.29, 1.82) is 0 Å². The average molecular weight is 463 g/mol. The minimum atomic E-state index is -0.365. The van der Waals surface area contributed by atoms with Crippen LogP contribution in [0.15, 0.2) is 42.5 Å². The molecule has 0 radical (unpaired) electrons. The van der Waals surface area contributed by atoms with Crippen LogP contribution in [0.25, 0.3) is 0 Å². The fraction of sp³-hybridized carbons (Fsp3) is 0.367. The SMILES string of the molecule is CC.Cc1cc(OC(=O)c2cc(C)c(C)c(C)c2)ccc1OCOCc1cc(C)c(C)c(C)c1. The Balaban J connectivity index is 0.00000199. The van der Waals surface area contributed by atoms with Gasteiger partial charge >= 0.3 is 5.97 Å². The van der Waals surface area contributed by atoms with E-state index in [4.69, 9.17) is 14.2 Å². The van der Waals surface area contributed by atoms with Crippen LogP contribution >= 0.6 is 0 Å². The van der Waals surface area contributed by atoms with Gasteiger partial charge in [-0.2, -0.15) is 0 Å². The van der Waals surface area contributed by atoms with E-state index in [0.29, 0.717) is 23.7 Å². The van der Waals surface area contributed by atoms with Crippen molar-refractivity contribution in [1.82, 2.24) is 0 Å². The standard InChI is InChI=1S/C28H32O4.C2H6/c1-17-10-24(11-18(2)22(17)6)15-30-16-31-27-9-8-26(14-21(27)5)32-28(29)25-12-19(3)23(7)20(4)13-25;1-2/h8-14H,15-16H2,1-7H3;1-2H3. The topological polar surface area (TPSA) is 44.8 Å². The zero-order valence-corrected chi connectivity index (χ0v) is 22.1. The molecule has 0 fully saturated rings. The maximum absolute atomic E-state index is 12.6. The third kappa shape index (κ3) is 6.94. The molecule has 0 atom stereocenters. The summed E-state index contributed by atoms with van der Waals surface area (Å²) >= 11 is 0. The smallest absolute Gasteiger partial charge is 0.343 e. The summed E-state index contributed by atoms with van der Waals surface area (Å²) in [6.45, 7) is 19.0. The second kappa shape index (κ2) is 12.4. The van der Waals surface area contributed by atoms with Crippen LogP contribution in [0.3, 0.4) is 0 Å². The highest BCUT2D eigenvalue weighted by molar-refractivity contribution is 5.91. The van der Waals surface area contributed by atoms with Crippen molar-refractivity contribution in [2.24, 2.45) is 0 Å². The first-order chi connectivity index (χ1) is 16.2. The van der Waals surface area contributed by atoms with Gasteiger partial charge in [-0.3, -0.25) is 0 Å². The molecular formula is C30H38O4. The third-order valence-corrected chi connectivity index (χ3v) is 6.07. The van der Waals surface area contributed by atoms with Gasteiger partial charge in [0.2, 0.25) is 0 Å². The van der Waals surface area contributed by atoms with Crippen LogP contribution in [0.4, 0.5) is 0 Å². The summed E-state index contributed by atoms with van der Waals surface area (Å²) in [5, 5.41) is 0. The van der Waals surface area contributed by atoms with E-state index in [1.54, 1.807) is 18.2 Å². The minimum absolute atomic E-state index is 0.147. The summed E-state index contributed by atoms with van der Waals surface area (Å²) in [6.07, 6.45) is 0. The Kier molecular flexibility index (Phi) is 9.88. The molecule has 0 aliphatic rings. The molecule has 3 aromatic carbocycles. The first-order valence-corrected chi connectivity index (χ1v) is 11.8. The number of carbonyl (C=O) groups excluding carboxylic acids is 1. The molecule has 0 saturated heterocycles. The highest BCUT2D eigenvalue weighted by Crippen LogP contribution is 2.25. The van der Waals surface area contributed by atoms with E-state index in [-0.39, 0.29) is 12.8 Å². The summed E-state index contributed by atoms with van der Waals surface area (Å²) < 4.78 is 17.1. The Morgan fingerprint density at radius 2 is 1.24 bits per heavy atom. The van der Waals surface area contributed by atoms with Gasteiger partial charge in [-0.05, 0) is 123 Å². The van der Waals surface area contributed by atoms with Crippen molar-refractivity contribution >= 4 is 5.97 Å². The highest BCUT2D eigenvalue weighted by atomic mass is 16.7. The first kappa shape index (κ1) is 27.1. The van der Waals surface area contributed by atoms with Crippen molar-refractivity contribution in [2.75, 3.05) is 6.79 Å².